The molecule has 0 spiro atoms. The van der Waals surface area contributed by atoms with Gasteiger partial charge in [-0.15, -0.1) is 0 Å². The number of carbonyl (C=O) groups excluding carboxylic acids is 1. The SMILES string of the molecule is CCCC(CC)NC(=O)[C@@H]1Cc2ccccc2N1. The third-order valence-corrected chi connectivity index (χ3v) is 3.56. The second kappa shape index (κ2) is 5.89. The number of hydrogen-bond acceptors (Lipinski definition) is 2. The molecule has 18 heavy (non-hydrogen) atoms. The van der Waals surface area contributed by atoms with Crippen molar-refractivity contribution in [1.29, 1.82) is 0 Å². The van der Waals surface area contributed by atoms with Crippen molar-refractivity contribution >= 4 is 11.6 Å². The van der Waals surface area contributed by atoms with Gasteiger partial charge in [0.15, 0.2) is 0 Å². The summed E-state index contributed by atoms with van der Waals surface area (Å²) in [4.78, 5) is 12.2. The highest BCUT2D eigenvalue weighted by Crippen LogP contribution is 2.25. The zero-order chi connectivity index (χ0) is 13.0. The number of rotatable bonds is 5. The summed E-state index contributed by atoms with van der Waals surface area (Å²) < 4.78 is 0. The van der Waals surface area contributed by atoms with Crippen LogP contribution in [0, 0.1) is 0 Å². The van der Waals surface area contributed by atoms with E-state index in [9.17, 15) is 4.79 Å². The lowest BCUT2D eigenvalue weighted by molar-refractivity contribution is -0.122. The van der Waals surface area contributed by atoms with Gasteiger partial charge in [0.1, 0.15) is 6.04 Å². The standard InChI is InChI=1S/C15H22N2O/c1-3-7-12(4-2)16-15(18)14-10-11-8-5-6-9-13(11)17-14/h5-6,8-9,12,14,17H,3-4,7,10H2,1-2H3,(H,16,18)/t12?,14-/m0/s1. The van der Waals surface area contributed by atoms with E-state index in [0.717, 1.165) is 31.4 Å². The largest absolute Gasteiger partial charge is 0.373 e. The Bertz CT molecular complexity index is 392. The first-order chi connectivity index (χ1) is 8.74. The van der Waals surface area contributed by atoms with Crippen molar-refractivity contribution in [3.63, 3.8) is 0 Å². The number of carbonyl (C=O) groups is 1. The molecule has 1 aliphatic rings. The average Bonchev–Trinajstić information content (AvgIpc) is 2.82. The molecule has 1 aromatic carbocycles. The average molecular weight is 246 g/mol. The number of hydrogen-bond donors (Lipinski definition) is 2. The van der Waals surface area contributed by atoms with Crippen LogP contribution in [0.2, 0.25) is 0 Å². The fraction of sp³-hybridized carbons (Fsp3) is 0.533. The zero-order valence-corrected chi connectivity index (χ0v) is 11.2. The van der Waals surface area contributed by atoms with E-state index in [1.807, 2.05) is 18.2 Å². The number of fused-ring (bicyclic) bond motifs is 1. The van der Waals surface area contributed by atoms with Gasteiger partial charge in [-0.3, -0.25) is 4.79 Å². The van der Waals surface area contributed by atoms with Gasteiger partial charge in [-0.2, -0.15) is 0 Å². The molecule has 1 aromatic rings. The highest BCUT2D eigenvalue weighted by atomic mass is 16.2. The Morgan fingerprint density at radius 3 is 2.89 bits per heavy atom. The highest BCUT2D eigenvalue weighted by Gasteiger charge is 2.27. The smallest absolute Gasteiger partial charge is 0.243 e. The Balaban J connectivity index is 1.92. The van der Waals surface area contributed by atoms with Crippen LogP contribution in [0.4, 0.5) is 5.69 Å². The third kappa shape index (κ3) is 2.84. The predicted octanol–water partition coefficient (Wildman–Crippen LogP) is 2.72. The first kappa shape index (κ1) is 12.9. The fourth-order valence-electron chi connectivity index (χ4n) is 2.48. The Labute approximate surface area is 109 Å². The summed E-state index contributed by atoms with van der Waals surface area (Å²) in [6, 6.07) is 8.34. The molecular formula is C15H22N2O. The van der Waals surface area contributed by atoms with Gasteiger partial charge in [0, 0.05) is 18.2 Å². The minimum absolute atomic E-state index is 0.103. The Hall–Kier alpha value is -1.51. The molecule has 3 nitrogen and oxygen atoms in total. The maximum Gasteiger partial charge on any atom is 0.243 e. The normalized spacial score (nSPS) is 18.9. The first-order valence-electron chi connectivity index (χ1n) is 6.89. The van der Waals surface area contributed by atoms with Gasteiger partial charge in [-0.05, 0) is 24.5 Å². The molecule has 0 saturated heterocycles. The van der Waals surface area contributed by atoms with Crippen molar-refractivity contribution in [1.82, 2.24) is 5.32 Å². The van der Waals surface area contributed by atoms with Crippen LogP contribution >= 0.6 is 0 Å². The summed E-state index contributed by atoms with van der Waals surface area (Å²) in [6.07, 6.45) is 3.96. The van der Waals surface area contributed by atoms with E-state index in [1.165, 1.54) is 5.56 Å². The zero-order valence-electron chi connectivity index (χ0n) is 11.2. The van der Waals surface area contributed by atoms with Crippen molar-refractivity contribution in [3.8, 4) is 0 Å². The van der Waals surface area contributed by atoms with Crippen LogP contribution in [0.25, 0.3) is 0 Å². The van der Waals surface area contributed by atoms with Gasteiger partial charge < -0.3 is 10.6 Å². The van der Waals surface area contributed by atoms with Crippen LogP contribution in [0.1, 0.15) is 38.7 Å². The molecule has 1 aliphatic heterocycles. The van der Waals surface area contributed by atoms with Gasteiger partial charge in [-0.25, -0.2) is 0 Å². The molecule has 0 saturated carbocycles. The van der Waals surface area contributed by atoms with Crippen LogP contribution < -0.4 is 10.6 Å². The van der Waals surface area contributed by atoms with E-state index in [1.54, 1.807) is 0 Å². The quantitative estimate of drug-likeness (QED) is 0.838. The van der Waals surface area contributed by atoms with Crippen molar-refractivity contribution in [2.75, 3.05) is 5.32 Å². The topological polar surface area (TPSA) is 41.1 Å². The Morgan fingerprint density at radius 2 is 2.22 bits per heavy atom. The summed E-state index contributed by atoms with van der Waals surface area (Å²) >= 11 is 0. The molecule has 2 atom stereocenters. The van der Waals surface area contributed by atoms with Crippen molar-refractivity contribution in [3.05, 3.63) is 29.8 Å². The molecule has 1 heterocycles. The van der Waals surface area contributed by atoms with Gasteiger partial charge in [0.2, 0.25) is 5.91 Å². The molecule has 2 rings (SSSR count). The van der Waals surface area contributed by atoms with Crippen LogP contribution in [-0.4, -0.2) is 18.0 Å². The fourth-order valence-corrected chi connectivity index (χ4v) is 2.48. The lowest BCUT2D eigenvalue weighted by atomic mass is 10.1. The molecule has 0 radical (unpaired) electrons. The lowest BCUT2D eigenvalue weighted by Crippen LogP contribution is -2.43. The van der Waals surface area contributed by atoms with E-state index < -0.39 is 0 Å². The Morgan fingerprint density at radius 1 is 1.44 bits per heavy atom. The molecule has 0 aromatic heterocycles. The summed E-state index contributed by atoms with van der Waals surface area (Å²) in [6.45, 7) is 4.27. The van der Waals surface area contributed by atoms with Crippen molar-refractivity contribution < 1.29 is 4.79 Å². The van der Waals surface area contributed by atoms with Crippen molar-refractivity contribution in [2.24, 2.45) is 0 Å². The number of anilines is 1. The van der Waals surface area contributed by atoms with Gasteiger partial charge in [0.25, 0.3) is 0 Å². The van der Waals surface area contributed by atoms with Crippen LogP contribution in [-0.2, 0) is 11.2 Å². The van der Waals surface area contributed by atoms with E-state index in [-0.39, 0.29) is 11.9 Å². The molecule has 0 fully saturated rings. The van der Waals surface area contributed by atoms with E-state index >= 15 is 0 Å². The molecule has 1 unspecified atom stereocenters. The molecule has 3 heteroatoms. The molecule has 1 amide bonds. The first-order valence-corrected chi connectivity index (χ1v) is 6.89. The Kier molecular flexibility index (Phi) is 4.24. The van der Waals surface area contributed by atoms with Crippen LogP contribution in [0.5, 0.6) is 0 Å². The van der Waals surface area contributed by atoms with E-state index in [4.69, 9.17) is 0 Å². The van der Waals surface area contributed by atoms with Crippen LogP contribution in [0.3, 0.4) is 0 Å². The minimum Gasteiger partial charge on any atom is -0.373 e. The summed E-state index contributed by atoms with van der Waals surface area (Å²) in [5.74, 6) is 0.131. The molecule has 0 aliphatic carbocycles. The van der Waals surface area contributed by atoms with Gasteiger partial charge >= 0.3 is 0 Å². The van der Waals surface area contributed by atoms with E-state index in [0.29, 0.717) is 6.04 Å². The summed E-state index contributed by atoms with van der Waals surface area (Å²) in [5, 5.41) is 6.44. The maximum atomic E-state index is 12.2. The summed E-state index contributed by atoms with van der Waals surface area (Å²) in [5.41, 5.74) is 2.34. The molecular weight excluding hydrogens is 224 g/mol. The van der Waals surface area contributed by atoms with E-state index in [2.05, 4.69) is 30.5 Å². The number of benzene rings is 1. The number of para-hydroxylation sites is 1. The molecule has 98 valence electrons. The second-order valence-electron chi connectivity index (χ2n) is 4.96. The summed E-state index contributed by atoms with van der Waals surface area (Å²) in [7, 11) is 0. The highest BCUT2D eigenvalue weighted by molar-refractivity contribution is 5.87. The van der Waals surface area contributed by atoms with Crippen LogP contribution in [0.15, 0.2) is 24.3 Å². The monoisotopic (exact) mass is 246 g/mol. The lowest BCUT2D eigenvalue weighted by Gasteiger charge is -2.19. The maximum absolute atomic E-state index is 12.2. The van der Waals surface area contributed by atoms with Crippen molar-refractivity contribution in [2.45, 2.75) is 51.6 Å². The molecule has 2 N–H and O–H groups in total. The number of nitrogens with one attached hydrogen (secondary N) is 2. The third-order valence-electron chi connectivity index (χ3n) is 3.56. The van der Waals surface area contributed by atoms with Gasteiger partial charge in [0.05, 0.1) is 0 Å². The second-order valence-corrected chi connectivity index (χ2v) is 4.96. The molecule has 0 bridgehead atoms. The number of amides is 1. The van der Waals surface area contributed by atoms with Gasteiger partial charge in [-0.1, -0.05) is 38.5 Å². The predicted molar refractivity (Wildman–Crippen MR) is 74.7 cm³/mol. The minimum atomic E-state index is -0.103.